The van der Waals surface area contributed by atoms with Crippen molar-refractivity contribution in [3.63, 3.8) is 0 Å². The number of rotatable bonds is 5. The summed E-state index contributed by atoms with van der Waals surface area (Å²) in [6, 6.07) is 8.85. The molecule has 2 N–H and O–H groups in total. The Balaban J connectivity index is 1.92. The van der Waals surface area contributed by atoms with E-state index in [1.165, 1.54) is 11.1 Å². The molecule has 0 radical (unpaired) electrons. The van der Waals surface area contributed by atoms with E-state index in [0.717, 1.165) is 32.7 Å². The van der Waals surface area contributed by atoms with E-state index in [-0.39, 0.29) is 6.04 Å². The molecule has 1 aromatic carbocycles. The van der Waals surface area contributed by atoms with Crippen molar-refractivity contribution >= 4 is 0 Å². The van der Waals surface area contributed by atoms with Crippen molar-refractivity contribution in [2.24, 2.45) is 5.73 Å². The Labute approximate surface area is 123 Å². The predicted molar refractivity (Wildman–Crippen MR) is 83.9 cm³/mol. The first-order chi connectivity index (χ1) is 9.60. The Morgan fingerprint density at radius 2 is 1.90 bits per heavy atom. The number of hydrogen-bond acceptors (Lipinski definition) is 3. The van der Waals surface area contributed by atoms with Crippen molar-refractivity contribution in [2.45, 2.75) is 45.3 Å². The lowest BCUT2D eigenvalue weighted by Crippen LogP contribution is -2.44. The zero-order valence-corrected chi connectivity index (χ0v) is 13.0. The van der Waals surface area contributed by atoms with Gasteiger partial charge in [-0.25, -0.2) is 0 Å². The molecule has 0 saturated carbocycles. The molecular formula is C17H28N2O. The molecule has 1 heterocycles. The minimum atomic E-state index is 0.0896. The molecule has 0 aromatic heterocycles. The molecule has 1 saturated heterocycles. The van der Waals surface area contributed by atoms with Crippen LogP contribution < -0.4 is 5.73 Å². The third-order valence-corrected chi connectivity index (χ3v) is 4.16. The van der Waals surface area contributed by atoms with Gasteiger partial charge in [-0.15, -0.1) is 0 Å². The summed E-state index contributed by atoms with van der Waals surface area (Å²) in [5.74, 6) is 0.574. The molecule has 20 heavy (non-hydrogen) atoms. The van der Waals surface area contributed by atoms with Crippen LogP contribution in [0.1, 0.15) is 50.3 Å². The number of nitrogens with two attached hydrogens (primary N) is 1. The minimum absolute atomic E-state index is 0.0896. The van der Waals surface area contributed by atoms with Gasteiger partial charge in [0.25, 0.3) is 0 Å². The van der Waals surface area contributed by atoms with E-state index in [9.17, 15) is 0 Å². The molecule has 1 aliphatic rings. The van der Waals surface area contributed by atoms with Gasteiger partial charge in [0.1, 0.15) is 0 Å². The maximum absolute atomic E-state index is 6.36. The Morgan fingerprint density at radius 3 is 2.50 bits per heavy atom. The van der Waals surface area contributed by atoms with E-state index in [0.29, 0.717) is 12.0 Å². The normalized spacial score (nSPS) is 22.1. The van der Waals surface area contributed by atoms with Crippen LogP contribution in [-0.2, 0) is 4.74 Å². The van der Waals surface area contributed by atoms with Crippen LogP contribution in [0.4, 0.5) is 0 Å². The Kier molecular flexibility index (Phi) is 5.58. The summed E-state index contributed by atoms with van der Waals surface area (Å²) in [5, 5.41) is 0. The highest BCUT2D eigenvalue weighted by Crippen LogP contribution is 2.19. The zero-order chi connectivity index (χ0) is 14.5. The highest BCUT2D eigenvalue weighted by Gasteiger charge is 2.21. The van der Waals surface area contributed by atoms with Gasteiger partial charge in [0, 0.05) is 25.7 Å². The average molecular weight is 276 g/mol. The fourth-order valence-corrected chi connectivity index (χ4v) is 2.70. The maximum atomic E-state index is 6.36. The first kappa shape index (κ1) is 15.5. The highest BCUT2D eigenvalue weighted by molar-refractivity contribution is 5.26. The predicted octanol–water partition coefficient (Wildman–Crippen LogP) is 2.92. The molecule has 3 heteroatoms. The van der Waals surface area contributed by atoms with E-state index in [2.05, 4.69) is 49.9 Å². The van der Waals surface area contributed by atoms with Crippen LogP contribution in [0.3, 0.4) is 0 Å². The molecule has 1 aromatic rings. The fourth-order valence-electron chi connectivity index (χ4n) is 2.70. The van der Waals surface area contributed by atoms with E-state index < -0.39 is 0 Å². The van der Waals surface area contributed by atoms with Crippen molar-refractivity contribution in [3.8, 4) is 0 Å². The van der Waals surface area contributed by atoms with Crippen molar-refractivity contribution in [3.05, 3.63) is 35.4 Å². The molecule has 0 aliphatic carbocycles. The second kappa shape index (κ2) is 7.21. The largest absolute Gasteiger partial charge is 0.376 e. The van der Waals surface area contributed by atoms with E-state index in [1.54, 1.807) is 0 Å². The summed E-state index contributed by atoms with van der Waals surface area (Å²) in [6.45, 7) is 10.4. The topological polar surface area (TPSA) is 38.5 Å². The standard InChI is InChI=1S/C17H28N2O/c1-4-16-11-19(9-10-20-16)12-17(18)15-7-5-14(6-8-15)13(2)3/h5-8,13,16-17H,4,9-12,18H2,1-3H3. The summed E-state index contributed by atoms with van der Waals surface area (Å²) in [5.41, 5.74) is 8.96. The van der Waals surface area contributed by atoms with E-state index in [1.807, 2.05) is 0 Å². The lowest BCUT2D eigenvalue weighted by Gasteiger charge is -2.34. The van der Waals surface area contributed by atoms with Crippen molar-refractivity contribution in [2.75, 3.05) is 26.2 Å². The van der Waals surface area contributed by atoms with Crippen LogP contribution >= 0.6 is 0 Å². The van der Waals surface area contributed by atoms with Gasteiger partial charge in [-0.2, -0.15) is 0 Å². The average Bonchev–Trinajstić information content (AvgIpc) is 2.47. The van der Waals surface area contributed by atoms with Gasteiger partial charge in [-0.05, 0) is 23.5 Å². The fraction of sp³-hybridized carbons (Fsp3) is 0.647. The van der Waals surface area contributed by atoms with Crippen molar-refractivity contribution < 1.29 is 4.74 Å². The van der Waals surface area contributed by atoms with E-state index >= 15 is 0 Å². The monoisotopic (exact) mass is 276 g/mol. The van der Waals surface area contributed by atoms with Crippen molar-refractivity contribution in [1.82, 2.24) is 4.90 Å². The van der Waals surface area contributed by atoms with Gasteiger partial charge in [0.15, 0.2) is 0 Å². The number of benzene rings is 1. The van der Waals surface area contributed by atoms with Crippen LogP contribution in [-0.4, -0.2) is 37.2 Å². The first-order valence-corrected chi connectivity index (χ1v) is 7.79. The summed E-state index contributed by atoms with van der Waals surface area (Å²) < 4.78 is 5.70. The number of hydrogen-bond donors (Lipinski definition) is 1. The first-order valence-electron chi connectivity index (χ1n) is 7.79. The van der Waals surface area contributed by atoms with Gasteiger partial charge in [0.2, 0.25) is 0 Å². The lowest BCUT2D eigenvalue weighted by molar-refractivity contribution is -0.0312. The highest BCUT2D eigenvalue weighted by atomic mass is 16.5. The molecule has 3 nitrogen and oxygen atoms in total. The Hall–Kier alpha value is -0.900. The van der Waals surface area contributed by atoms with Crippen LogP contribution in [0.25, 0.3) is 0 Å². The second-order valence-electron chi connectivity index (χ2n) is 6.09. The van der Waals surface area contributed by atoms with Gasteiger partial charge in [-0.3, -0.25) is 4.90 Å². The molecule has 2 unspecified atom stereocenters. The zero-order valence-electron chi connectivity index (χ0n) is 13.0. The van der Waals surface area contributed by atoms with Crippen molar-refractivity contribution in [1.29, 1.82) is 0 Å². The molecule has 2 atom stereocenters. The summed E-state index contributed by atoms with van der Waals surface area (Å²) >= 11 is 0. The van der Waals surface area contributed by atoms with Crippen LogP contribution in [0, 0.1) is 0 Å². The van der Waals surface area contributed by atoms with Gasteiger partial charge in [0.05, 0.1) is 12.7 Å². The number of morpholine rings is 1. The summed E-state index contributed by atoms with van der Waals surface area (Å²) in [4.78, 5) is 2.43. The molecule has 0 amide bonds. The number of ether oxygens (including phenoxy) is 1. The minimum Gasteiger partial charge on any atom is -0.376 e. The lowest BCUT2D eigenvalue weighted by atomic mass is 9.99. The molecule has 1 fully saturated rings. The van der Waals surface area contributed by atoms with Crippen LogP contribution in [0.15, 0.2) is 24.3 Å². The molecule has 1 aliphatic heterocycles. The molecule has 0 bridgehead atoms. The second-order valence-corrected chi connectivity index (χ2v) is 6.09. The Bertz CT molecular complexity index is 402. The van der Waals surface area contributed by atoms with E-state index in [4.69, 9.17) is 10.5 Å². The molecular weight excluding hydrogens is 248 g/mol. The van der Waals surface area contributed by atoms with Crippen LogP contribution in [0.5, 0.6) is 0 Å². The van der Waals surface area contributed by atoms with Crippen LogP contribution in [0.2, 0.25) is 0 Å². The summed E-state index contributed by atoms with van der Waals surface area (Å²) in [6.07, 6.45) is 1.45. The molecule has 112 valence electrons. The maximum Gasteiger partial charge on any atom is 0.0700 e. The molecule has 2 rings (SSSR count). The third-order valence-electron chi connectivity index (χ3n) is 4.16. The molecule has 0 spiro atoms. The van der Waals surface area contributed by atoms with Gasteiger partial charge < -0.3 is 10.5 Å². The summed E-state index contributed by atoms with van der Waals surface area (Å²) in [7, 11) is 0. The Morgan fingerprint density at radius 1 is 1.25 bits per heavy atom. The SMILES string of the molecule is CCC1CN(CC(N)c2ccc(C(C)C)cc2)CCO1. The third kappa shape index (κ3) is 4.05. The van der Waals surface area contributed by atoms with Gasteiger partial charge in [-0.1, -0.05) is 45.0 Å². The quantitative estimate of drug-likeness (QED) is 0.898. The van der Waals surface area contributed by atoms with Gasteiger partial charge >= 0.3 is 0 Å². The smallest absolute Gasteiger partial charge is 0.0700 e. The number of nitrogens with zero attached hydrogens (tertiary/aromatic N) is 1.